The highest BCUT2D eigenvalue weighted by Crippen LogP contribution is 2.47. The molecule has 0 spiro atoms. The van der Waals surface area contributed by atoms with Crippen LogP contribution in [0.3, 0.4) is 0 Å². The van der Waals surface area contributed by atoms with E-state index in [0.29, 0.717) is 17.7 Å². The van der Waals surface area contributed by atoms with Crippen LogP contribution in [0.2, 0.25) is 0 Å². The van der Waals surface area contributed by atoms with Crippen LogP contribution in [0.25, 0.3) is 17.7 Å². The van der Waals surface area contributed by atoms with Crippen LogP contribution in [0, 0.1) is 0 Å². The molecule has 0 bridgehead atoms. The smallest absolute Gasteiger partial charge is 0.328 e. The van der Waals surface area contributed by atoms with Gasteiger partial charge in [-0.25, -0.2) is 9.59 Å². The van der Waals surface area contributed by atoms with E-state index in [2.05, 4.69) is 60.5 Å². The van der Waals surface area contributed by atoms with Crippen molar-refractivity contribution < 1.29 is 35.1 Å². The summed E-state index contributed by atoms with van der Waals surface area (Å²) in [6, 6.07) is 28.8. The van der Waals surface area contributed by atoms with Gasteiger partial charge in [-0.15, -0.1) is 0 Å². The second-order valence-electron chi connectivity index (χ2n) is 10.6. The topological polar surface area (TPSA) is 139 Å². The first-order chi connectivity index (χ1) is 22.1. The van der Waals surface area contributed by atoms with E-state index < -0.39 is 11.9 Å². The van der Waals surface area contributed by atoms with E-state index >= 15 is 0 Å². The number of aromatic hydroxyl groups is 3. The van der Waals surface area contributed by atoms with Crippen molar-refractivity contribution in [2.75, 3.05) is 20.1 Å². The molecule has 2 aliphatic heterocycles. The number of likely N-dealkylation sites (tertiary alicyclic amines) is 1. The Labute approximate surface area is 271 Å². The number of phenolic OH excluding ortho intramolecular Hbond substituents is 3. The number of hydrogen-bond acceptors (Lipinski definition) is 7. The molecule has 46 heavy (non-hydrogen) atoms. The van der Waals surface area contributed by atoms with E-state index in [1.807, 2.05) is 17.8 Å². The van der Waals surface area contributed by atoms with Gasteiger partial charge in [0.15, 0.2) is 0 Å². The summed E-state index contributed by atoms with van der Waals surface area (Å²) in [5.74, 6) is -2.25. The largest absolute Gasteiger partial charge is 0.508 e. The summed E-state index contributed by atoms with van der Waals surface area (Å²) in [7, 11) is 2.22. The molecule has 1 fully saturated rings. The summed E-state index contributed by atoms with van der Waals surface area (Å²) in [4.78, 5) is 24.3. The second-order valence-corrected chi connectivity index (χ2v) is 11.7. The van der Waals surface area contributed by atoms with Gasteiger partial charge in [0.25, 0.3) is 0 Å². The van der Waals surface area contributed by atoms with Crippen molar-refractivity contribution >= 4 is 41.4 Å². The lowest BCUT2D eigenvalue weighted by atomic mass is 9.88. The van der Waals surface area contributed by atoms with E-state index in [1.165, 1.54) is 58.5 Å². The zero-order valence-corrected chi connectivity index (χ0v) is 26.0. The van der Waals surface area contributed by atoms with E-state index in [0.717, 1.165) is 5.56 Å². The maximum Gasteiger partial charge on any atom is 0.328 e. The predicted octanol–water partition coefficient (Wildman–Crippen LogP) is 7.36. The Hall–Kier alpha value is -5.25. The number of rotatable bonds is 4. The number of carbonyl (C=O) groups is 2. The van der Waals surface area contributed by atoms with Crippen molar-refractivity contribution in [2.45, 2.75) is 22.6 Å². The molecular formula is C37H35NO7S. The summed E-state index contributed by atoms with van der Waals surface area (Å²) in [6.45, 7) is 2.35. The first-order valence-corrected chi connectivity index (χ1v) is 15.3. The normalized spacial score (nSPS) is 14.0. The maximum absolute atomic E-state index is 9.55. The SMILES string of the molecule is CN1CCC(=C2c3ccccc3Sc3ccccc32)CC1.O=C(O)C=CC(=O)O.Oc1ccc(C=Cc2cc(O)cc(O)c2)cc1. The number of phenols is 3. The molecule has 0 amide bonds. The fraction of sp³-hybridized carbons (Fsp3) is 0.135. The first kappa shape index (κ1) is 33.6. The average molecular weight is 638 g/mol. The molecule has 1 saturated heterocycles. The van der Waals surface area contributed by atoms with E-state index in [9.17, 15) is 19.8 Å². The van der Waals surface area contributed by atoms with Crippen LogP contribution in [0.5, 0.6) is 17.2 Å². The second kappa shape index (κ2) is 16.2. The van der Waals surface area contributed by atoms with Gasteiger partial charge in [-0.2, -0.15) is 0 Å². The lowest BCUT2D eigenvalue weighted by Gasteiger charge is -2.30. The third-order valence-electron chi connectivity index (χ3n) is 7.13. The Morgan fingerprint density at radius 1 is 0.652 bits per heavy atom. The van der Waals surface area contributed by atoms with Crippen molar-refractivity contribution in [3.05, 3.63) is 131 Å². The number of benzene rings is 4. The van der Waals surface area contributed by atoms with E-state index in [1.54, 1.807) is 48.0 Å². The molecule has 4 aromatic carbocycles. The third-order valence-corrected chi connectivity index (χ3v) is 8.28. The Morgan fingerprint density at radius 2 is 1.13 bits per heavy atom. The summed E-state index contributed by atoms with van der Waals surface area (Å²) in [6.07, 6.45) is 7.10. The highest BCUT2D eigenvalue weighted by Gasteiger charge is 2.24. The van der Waals surface area contributed by atoms with Crippen LogP contribution in [-0.4, -0.2) is 62.5 Å². The Balaban J connectivity index is 0.000000173. The molecule has 0 aliphatic carbocycles. The Bertz CT molecular complexity index is 1680. The quantitative estimate of drug-likeness (QED) is 0.101. The molecule has 2 heterocycles. The third kappa shape index (κ3) is 9.88. The van der Waals surface area contributed by atoms with Gasteiger partial charge in [-0.05, 0) is 84.1 Å². The average Bonchev–Trinajstić information content (AvgIpc) is 3.03. The fourth-order valence-electron chi connectivity index (χ4n) is 4.94. The Kier molecular flexibility index (Phi) is 11.8. The number of carboxylic acid groups (broad SMARTS) is 2. The molecule has 0 radical (unpaired) electrons. The Morgan fingerprint density at radius 3 is 1.63 bits per heavy atom. The lowest BCUT2D eigenvalue weighted by Crippen LogP contribution is -2.27. The number of carboxylic acids is 2. The predicted molar refractivity (Wildman–Crippen MR) is 181 cm³/mol. The van der Waals surface area contributed by atoms with Crippen molar-refractivity contribution in [1.82, 2.24) is 4.90 Å². The first-order valence-electron chi connectivity index (χ1n) is 14.5. The highest BCUT2D eigenvalue weighted by molar-refractivity contribution is 7.99. The molecule has 0 saturated carbocycles. The molecular weight excluding hydrogens is 602 g/mol. The van der Waals surface area contributed by atoms with Gasteiger partial charge >= 0.3 is 11.9 Å². The van der Waals surface area contributed by atoms with E-state index in [4.69, 9.17) is 15.3 Å². The fourth-order valence-corrected chi connectivity index (χ4v) is 6.03. The minimum absolute atomic E-state index is 0.0235. The van der Waals surface area contributed by atoms with Crippen LogP contribution in [-0.2, 0) is 9.59 Å². The highest BCUT2D eigenvalue weighted by atomic mass is 32.2. The molecule has 9 heteroatoms. The van der Waals surface area contributed by atoms with Gasteiger partial charge in [0.2, 0.25) is 0 Å². The number of hydrogen-bond donors (Lipinski definition) is 5. The molecule has 2 aliphatic rings. The standard InChI is InChI=1S/C19H19NS.C14H12O3.C4H4O4/c1-20-12-10-14(11-13-20)19-15-6-2-4-8-17(15)21-18-9-5-3-7-16(18)19;15-12-5-3-10(4-6-12)1-2-11-7-13(16)9-14(17)8-11;5-3(6)1-2-4(7)8/h2-9H,10-13H2,1H3;1-9,15-17H;1-2H,(H,5,6)(H,7,8). The summed E-state index contributed by atoms with van der Waals surface area (Å²) < 4.78 is 0. The van der Waals surface area contributed by atoms with Gasteiger partial charge in [0, 0.05) is 41.1 Å². The number of nitrogens with zero attached hydrogens (tertiary/aromatic N) is 1. The maximum atomic E-state index is 9.55. The van der Waals surface area contributed by atoms with Gasteiger partial charge in [0.1, 0.15) is 17.2 Å². The van der Waals surface area contributed by atoms with Crippen LogP contribution >= 0.6 is 11.8 Å². The summed E-state index contributed by atoms with van der Waals surface area (Å²) >= 11 is 1.91. The minimum atomic E-state index is -1.26. The number of piperidine rings is 1. The molecule has 0 atom stereocenters. The molecule has 4 aromatic rings. The minimum Gasteiger partial charge on any atom is -0.508 e. The van der Waals surface area contributed by atoms with Crippen molar-refractivity contribution in [1.29, 1.82) is 0 Å². The molecule has 0 aromatic heterocycles. The number of fused-ring (bicyclic) bond motifs is 2. The zero-order valence-electron chi connectivity index (χ0n) is 25.2. The van der Waals surface area contributed by atoms with Crippen LogP contribution in [0.15, 0.2) is 119 Å². The molecule has 6 rings (SSSR count). The zero-order chi connectivity index (χ0) is 33.1. The molecule has 5 N–H and O–H groups in total. The lowest BCUT2D eigenvalue weighted by molar-refractivity contribution is -0.134. The summed E-state index contributed by atoms with van der Waals surface area (Å²) in [5, 5.41) is 43.4. The molecule has 236 valence electrons. The van der Waals surface area contributed by atoms with Gasteiger partial charge in [0.05, 0.1) is 0 Å². The van der Waals surface area contributed by atoms with Gasteiger partial charge in [-0.3, -0.25) is 0 Å². The van der Waals surface area contributed by atoms with Gasteiger partial charge in [-0.1, -0.05) is 78.0 Å². The number of aliphatic carboxylic acids is 2. The monoisotopic (exact) mass is 637 g/mol. The summed E-state index contributed by atoms with van der Waals surface area (Å²) in [5.41, 5.74) is 7.63. The van der Waals surface area contributed by atoms with Crippen LogP contribution in [0.1, 0.15) is 35.1 Å². The van der Waals surface area contributed by atoms with E-state index in [-0.39, 0.29) is 17.2 Å². The van der Waals surface area contributed by atoms with Crippen molar-refractivity contribution in [3.63, 3.8) is 0 Å². The van der Waals surface area contributed by atoms with Gasteiger partial charge < -0.3 is 30.4 Å². The van der Waals surface area contributed by atoms with Crippen molar-refractivity contribution in [3.8, 4) is 17.2 Å². The molecule has 8 nitrogen and oxygen atoms in total. The van der Waals surface area contributed by atoms with Crippen LogP contribution in [0.4, 0.5) is 0 Å². The van der Waals surface area contributed by atoms with Crippen molar-refractivity contribution in [2.24, 2.45) is 0 Å². The molecule has 0 unspecified atom stereocenters. The van der Waals surface area contributed by atoms with Crippen LogP contribution < -0.4 is 0 Å².